The Labute approximate surface area is 122 Å². The van der Waals surface area contributed by atoms with Crippen LogP contribution < -0.4 is 0 Å². The molecule has 1 heterocycles. The summed E-state index contributed by atoms with van der Waals surface area (Å²) in [6.45, 7) is 3.64. The van der Waals surface area contributed by atoms with Crippen LogP contribution in [0.1, 0.15) is 23.6 Å². The van der Waals surface area contributed by atoms with Crippen molar-refractivity contribution in [2.24, 2.45) is 0 Å². The van der Waals surface area contributed by atoms with Crippen LogP contribution in [-0.4, -0.2) is 16.1 Å². The summed E-state index contributed by atoms with van der Waals surface area (Å²) < 4.78 is 5.22. The molecular formula is C17H15NO3. The smallest absolute Gasteiger partial charge is 0.318 e. The summed E-state index contributed by atoms with van der Waals surface area (Å²) >= 11 is 0. The molecule has 0 saturated carbocycles. The predicted octanol–water partition coefficient (Wildman–Crippen LogP) is 3.53. The van der Waals surface area contributed by atoms with Crippen LogP contribution in [-0.2, 0) is 10.2 Å². The first kappa shape index (κ1) is 13.4. The highest BCUT2D eigenvalue weighted by Gasteiger charge is 2.38. The minimum Gasteiger partial charge on any atom is -0.480 e. The second-order valence-electron chi connectivity index (χ2n) is 5.28. The number of benzene rings is 2. The van der Waals surface area contributed by atoms with Gasteiger partial charge in [0.1, 0.15) is 10.9 Å². The van der Waals surface area contributed by atoms with Crippen molar-refractivity contribution in [3.8, 4) is 0 Å². The van der Waals surface area contributed by atoms with Crippen LogP contribution in [0.4, 0.5) is 0 Å². The number of nitrogens with zero attached hydrogens (tertiary/aromatic N) is 1. The van der Waals surface area contributed by atoms with Gasteiger partial charge in [-0.1, -0.05) is 30.3 Å². The number of oxazole rings is 1. The maximum atomic E-state index is 12.0. The van der Waals surface area contributed by atoms with Gasteiger partial charge < -0.3 is 9.52 Å². The minimum absolute atomic E-state index is 0.649. The van der Waals surface area contributed by atoms with Crippen LogP contribution >= 0.6 is 0 Å². The van der Waals surface area contributed by atoms with E-state index < -0.39 is 11.4 Å². The Kier molecular flexibility index (Phi) is 3.01. The fraction of sp³-hybridized carbons (Fsp3) is 0.176. The Morgan fingerprint density at radius 3 is 2.71 bits per heavy atom. The number of carboxylic acids is 1. The number of carbonyl (C=O) groups is 1. The van der Waals surface area contributed by atoms with Gasteiger partial charge in [-0.3, -0.25) is 4.79 Å². The monoisotopic (exact) mass is 281 g/mol. The average molecular weight is 281 g/mol. The highest BCUT2D eigenvalue weighted by Crippen LogP contribution is 2.35. The number of carboxylic acid groups (broad SMARTS) is 1. The van der Waals surface area contributed by atoms with Crippen LogP contribution in [0.15, 0.2) is 53.3 Å². The van der Waals surface area contributed by atoms with Crippen molar-refractivity contribution in [2.75, 3.05) is 0 Å². The van der Waals surface area contributed by atoms with E-state index in [9.17, 15) is 9.90 Å². The van der Waals surface area contributed by atoms with Crippen molar-refractivity contribution in [1.82, 2.24) is 4.98 Å². The normalized spacial score (nSPS) is 14.0. The highest BCUT2D eigenvalue weighted by atomic mass is 16.4. The van der Waals surface area contributed by atoms with E-state index >= 15 is 0 Å². The van der Waals surface area contributed by atoms with Crippen LogP contribution in [0.5, 0.6) is 0 Å². The molecule has 1 atom stereocenters. The molecule has 21 heavy (non-hydrogen) atoms. The largest absolute Gasteiger partial charge is 0.480 e. The molecule has 1 N–H and O–H groups in total. The number of aliphatic carboxylic acids is 1. The summed E-state index contributed by atoms with van der Waals surface area (Å²) in [5.41, 5.74) is 2.59. The van der Waals surface area contributed by atoms with E-state index in [0.717, 1.165) is 11.1 Å². The minimum atomic E-state index is -1.13. The predicted molar refractivity (Wildman–Crippen MR) is 79.3 cm³/mol. The zero-order chi connectivity index (χ0) is 15.0. The number of aryl methyl sites for hydroxylation is 1. The van der Waals surface area contributed by atoms with Crippen LogP contribution in [0, 0.1) is 6.92 Å². The first-order valence-corrected chi connectivity index (χ1v) is 6.66. The number of hydrogen-bond donors (Lipinski definition) is 1. The summed E-state index contributed by atoms with van der Waals surface area (Å²) in [5, 5.41) is 9.84. The molecule has 1 aromatic heterocycles. The Morgan fingerprint density at radius 2 is 2.00 bits per heavy atom. The van der Waals surface area contributed by atoms with Crippen molar-refractivity contribution >= 4 is 17.1 Å². The molecule has 0 saturated heterocycles. The lowest BCUT2D eigenvalue weighted by Gasteiger charge is -2.27. The molecule has 3 rings (SSSR count). The Bertz CT molecular complexity index is 822. The van der Waals surface area contributed by atoms with Gasteiger partial charge in [0, 0.05) is 0 Å². The summed E-state index contributed by atoms with van der Waals surface area (Å²) in [7, 11) is 0. The van der Waals surface area contributed by atoms with Crippen molar-refractivity contribution < 1.29 is 14.3 Å². The zero-order valence-corrected chi connectivity index (χ0v) is 11.8. The first-order valence-electron chi connectivity index (χ1n) is 6.66. The van der Waals surface area contributed by atoms with Gasteiger partial charge in [0.05, 0.1) is 0 Å². The Balaban J connectivity index is 2.26. The van der Waals surface area contributed by atoms with Crippen LogP contribution in [0.3, 0.4) is 0 Å². The molecule has 0 aliphatic carbocycles. The van der Waals surface area contributed by atoms with E-state index in [2.05, 4.69) is 4.98 Å². The Hall–Kier alpha value is -2.62. The van der Waals surface area contributed by atoms with E-state index in [1.165, 1.54) is 6.39 Å². The number of rotatable bonds is 3. The lowest BCUT2D eigenvalue weighted by molar-refractivity contribution is -0.141. The van der Waals surface area contributed by atoms with Gasteiger partial charge in [0.2, 0.25) is 0 Å². The third-order valence-electron chi connectivity index (χ3n) is 4.02. The van der Waals surface area contributed by atoms with E-state index in [-0.39, 0.29) is 0 Å². The number of aromatic nitrogens is 1. The fourth-order valence-corrected chi connectivity index (χ4v) is 2.70. The standard InChI is InChI=1S/C17H15NO3/c1-11-5-3-4-6-13(11)17(2,16(19)20)12-7-8-15-14(9-12)18-10-21-15/h3-10H,1-2H3,(H,19,20). The molecule has 0 aliphatic rings. The molecule has 0 bridgehead atoms. The lowest BCUT2D eigenvalue weighted by atomic mass is 9.74. The number of hydrogen-bond acceptors (Lipinski definition) is 3. The highest BCUT2D eigenvalue weighted by molar-refractivity contribution is 5.87. The first-order chi connectivity index (χ1) is 10.0. The van der Waals surface area contributed by atoms with Crippen molar-refractivity contribution in [3.05, 3.63) is 65.5 Å². The fourth-order valence-electron chi connectivity index (χ4n) is 2.70. The third-order valence-corrected chi connectivity index (χ3v) is 4.02. The Morgan fingerprint density at radius 1 is 1.24 bits per heavy atom. The second kappa shape index (κ2) is 4.74. The van der Waals surface area contributed by atoms with Gasteiger partial charge in [0.15, 0.2) is 12.0 Å². The van der Waals surface area contributed by atoms with Gasteiger partial charge in [-0.25, -0.2) is 4.98 Å². The molecule has 1 unspecified atom stereocenters. The molecule has 2 aromatic carbocycles. The SMILES string of the molecule is Cc1ccccc1C(C)(C(=O)O)c1ccc2ocnc2c1. The van der Waals surface area contributed by atoms with Crippen LogP contribution in [0.25, 0.3) is 11.1 Å². The average Bonchev–Trinajstić information content (AvgIpc) is 2.94. The van der Waals surface area contributed by atoms with Crippen molar-refractivity contribution in [1.29, 1.82) is 0 Å². The van der Waals surface area contributed by atoms with E-state index in [0.29, 0.717) is 16.7 Å². The van der Waals surface area contributed by atoms with Gasteiger partial charge in [0.25, 0.3) is 0 Å². The molecule has 4 nitrogen and oxygen atoms in total. The van der Waals surface area contributed by atoms with Gasteiger partial charge in [-0.2, -0.15) is 0 Å². The molecule has 0 aliphatic heterocycles. The van der Waals surface area contributed by atoms with E-state index in [1.54, 1.807) is 25.1 Å². The van der Waals surface area contributed by atoms with Crippen molar-refractivity contribution in [3.63, 3.8) is 0 Å². The number of fused-ring (bicyclic) bond motifs is 1. The summed E-state index contributed by atoms with van der Waals surface area (Å²) in [6.07, 6.45) is 1.36. The van der Waals surface area contributed by atoms with Crippen molar-refractivity contribution in [2.45, 2.75) is 19.3 Å². The second-order valence-corrected chi connectivity index (χ2v) is 5.28. The molecule has 0 fully saturated rings. The molecule has 106 valence electrons. The molecule has 0 spiro atoms. The third kappa shape index (κ3) is 2.00. The summed E-state index contributed by atoms with van der Waals surface area (Å²) in [4.78, 5) is 16.1. The molecular weight excluding hydrogens is 266 g/mol. The van der Waals surface area contributed by atoms with Crippen LogP contribution in [0.2, 0.25) is 0 Å². The molecule has 4 heteroatoms. The van der Waals surface area contributed by atoms with Gasteiger partial charge in [-0.05, 0) is 42.7 Å². The van der Waals surface area contributed by atoms with E-state index in [1.807, 2.05) is 31.2 Å². The maximum absolute atomic E-state index is 12.0. The molecule has 3 aromatic rings. The summed E-state index contributed by atoms with van der Waals surface area (Å²) in [5.74, 6) is -0.889. The lowest BCUT2D eigenvalue weighted by Crippen LogP contribution is -2.34. The van der Waals surface area contributed by atoms with Gasteiger partial charge >= 0.3 is 5.97 Å². The van der Waals surface area contributed by atoms with E-state index in [4.69, 9.17) is 4.42 Å². The molecule has 0 amide bonds. The zero-order valence-electron chi connectivity index (χ0n) is 11.8. The maximum Gasteiger partial charge on any atom is 0.318 e. The molecule has 0 radical (unpaired) electrons. The van der Waals surface area contributed by atoms with Gasteiger partial charge in [-0.15, -0.1) is 0 Å². The summed E-state index contributed by atoms with van der Waals surface area (Å²) in [6, 6.07) is 12.9. The topological polar surface area (TPSA) is 63.3 Å². The quantitative estimate of drug-likeness (QED) is 0.797.